The molecule has 0 spiro atoms. The molecule has 0 saturated heterocycles. The van der Waals surface area contributed by atoms with Crippen LogP contribution in [-0.2, 0) is 10.6 Å². The third kappa shape index (κ3) is 5.31. The Balaban J connectivity index is 2.65. The molecule has 9 heteroatoms. The second kappa shape index (κ2) is 6.58. The lowest BCUT2D eigenvalue weighted by Gasteiger charge is -2.09. The van der Waals surface area contributed by atoms with Crippen molar-refractivity contribution < 1.29 is 27.6 Å². The minimum atomic E-state index is -4.47. The lowest BCUT2D eigenvalue weighted by Crippen LogP contribution is -2.19. The van der Waals surface area contributed by atoms with Crippen molar-refractivity contribution in [3.05, 3.63) is 33.9 Å². The summed E-state index contributed by atoms with van der Waals surface area (Å²) in [5.74, 6) is -0.104. The van der Waals surface area contributed by atoms with Gasteiger partial charge in [0, 0.05) is 11.9 Å². The molecule has 19 heavy (non-hydrogen) atoms. The van der Waals surface area contributed by atoms with Crippen LogP contribution in [0.1, 0.15) is 5.56 Å². The Morgan fingerprint density at radius 2 is 2.05 bits per heavy atom. The molecule has 1 rings (SSSR count). The molecule has 0 aliphatic heterocycles. The zero-order valence-corrected chi connectivity index (χ0v) is 10.2. The summed E-state index contributed by atoms with van der Waals surface area (Å²) in [6, 6.07) is 3.91. The monoisotopic (exact) mass is 299 g/mol. The summed E-state index contributed by atoms with van der Waals surface area (Å²) >= 11 is 5.52. The maximum absolute atomic E-state index is 11.8. The van der Waals surface area contributed by atoms with Gasteiger partial charge in [-0.1, -0.05) is 6.07 Å². The summed E-state index contributed by atoms with van der Waals surface area (Å²) in [4.78, 5) is 10.0. The van der Waals surface area contributed by atoms with Gasteiger partial charge in [-0.3, -0.25) is 10.1 Å². The number of halogens is 4. The Kier molecular flexibility index (Phi) is 5.37. The van der Waals surface area contributed by atoms with Gasteiger partial charge in [-0.15, -0.1) is 11.6 Å². The van der Waals surface area contributed by atoms with Crippen LogP contribution in [0.4, 0.5) is 18.9 Å². The van der Waals surface area contributed by atoms with E-state index in [9.17, 15) is 23.3 Å². The SMILES string of the molecule is O=[N+]([O-])c1cc(CCl)ccc1OCOCC(F)(F)F. The Bertz CT molecular complexity index is 453. The van der Waals surface area contributed by atoms with E-state index in [0.29, 0.717) is 5.56 Å². The molecule has 0 N–H and O–H groups in total. The van der Waals surface area contributed by atoms with Crippen LogP contribution in [0.5, 0.6) is 5.75 Å². The number of nitro benzene ring substituents is 1. The molecule has 1 aromatic carbocycles. The number of nitrogens with zero attached hydrogens (tertiary/aromatic N) is 1. The van der Waals surface area contributed by atoms with Crippen LogP contribution in [0.2, 0.25) is 0 Å². The first-order valence-corrected chi connectivity index (χ1v) is 5.47. The number of benzene rings is 1. The summed E-state index contributed by atoms with van der Waals surface area (Å²) < 4.78 is 44.3. The molecule has 0 atom stereocenters. The van der Waals surface area contributed by atoms with E-state index in [1.54, 1.807) is 0 Å². The van der Waals surface area contributed by atoms with Crippen LogP contribution in [0.15, 0.2) is 18.2 Å². The second-order valence-electron chi connectivity index (χ2n) is 3.42. The van der Waals surface area contributed by atoms with E-state index in [0.717, 1.165) is 0 Å². The van der Waals surface area contributed by atoms with E-state index in [4.69, 9.17) is 16.3 Å². The van der Waals surface area contributed by atoms with Crippen LogP contribution < -0.4 is 4.74 Å². The Morgan fingerprint density at radius 3 is 2.58 bits per heavy atom. The van der Waals surface area contributed by atoms with Gasteiger partial charge in [0.25, 0.3) is 0 Å². The third-order valence-electron chi connectivity index (χ3n) is 1.94. The maximum Gasteiger partial charge on any atom is 0.411 e. The molecule has 1 aromatic rings. The number of nitro groups is 1. The van der Waals surface area contributed by atoms with E-state index < -0.39 is 24.5 Å². The van der Waals surface area contributed by atoms with Crippen LogP contribution in [0.25, 0.3) is 0 Å². The molecule has 0 heterocycles. The average Bonchev–Trinajstić information content (AvgIpc) is 2.33. The minimum Gasteiger partial charge on any atom is -0.460 e. The van der Waals surface area contributed by atoms with Crippen LogP contribution >= 0.6 is 11.6 Å². The standard InChI is InChI=1S/C10H9ClF3NO4/c11-4-7-1-2-9(8(3-7)15(16)17)19-6-18-5-10(12,13)14/h1-3H,4-6H2. The maximum atomic E-state index is 11.8. The first kappa shape index (κ1) is 15.5. The van der Waals surface area contributed by atoms with E-state index in [-0.39, 0.29) is 17.3 Å². The topological polar surface area (TPSA) is 61.6 Å². The summed E-state index contributed by atoms with van der Waals surface area (Å²) in [6.45, 7) is -2.22. The van der Waals surface area contributed by atoms with Crippen molar-refractivity contribution in [3.8, 4) is 5.75 Å². The smallest absolute Gasteiger partial charge is 0.411 e. The lowest BCUT2D eigenvalue weighted by molar-refractivity contribution is -0.386. The molecule has 0 aliphatic carbocycles. The van der Waals surface area contributed by atoms with Crippen LogP contribution in [0.3, 0.4) is 0 Å². The summed E-state index contributed by atoms with van der Waals surface area (Å²) in [6.07, 6.45) is -4.47. The predicted octanol–water partition coefficient (Wildman–Crippen LogP) is 3.25. The van der Waals surface area contributed by atoms with E-state index >= 15 is 0 Å². The van der Waals surface area contributed by atoms with Crippen molar-refractivity contribution in [1.29, 1.82) is 0 Å². The van der Waals surface area contributed by atoms with Crippen LogP contribution in [-0.4, -0.2) is 24.5 Å². The molecule has 0 unspecified atom stereocenters. The molecule has 0 saturated carbocycles. The van der Waals surface area contributed by atoms with Gasteiger partial charge in [-0.05, 0) is 11.6 Å². The van der Waals surface area contributed by atoms with Gasteiger partial charge in [0.1, 0.15) is 6.61 Å². The first-order valence-electron chi connectivity index (χ1n) is 4.94. The Morgan fingerprint density at radius 1 is 1.37 bits per heavy atom. The fourth-order valence-corrected chi connectivity index (χ4v) is 1.34. The van der Waals surface area contributed by atoms with Gasteiger partial charge in [0.05, 0.1) is 4.92 Å². The van der Waals surface area contributed by atoms with E-state index in [1.807, 2.05) is 0 Å². The fraction of sp³-hybridized carbons (Fsp3) is 0.400. The van der Waals surface area contributed by atoms with Crippen molar-refractivity contribution in [3.63, 3.8) is 0 Å². The summed E-state index contributed by atoms with van der Waals surface area (Å²) in [5, 5.41) is 10.7. The molecule has 0 aromatic heterocycles. The Labute approximate surface area is 111 Å². The minimum absolute atomic E-state index is 0.0751. The highest BCUT2D eigenvalue weighted by molar-refractivity contribution is 6.17. The zero-order chi connectivity index (χ0) is 14.5. The first-order chi connectivity index (χ1) is 8.83. The molecule has 5 nitrogen and oxygen atoms in total. The highest BCUT2D eigenvalue weighted by Gasteiger charge is 2.27. The fourth-order valence-electron chi connectivity index (χ4n) is 1.17. The molecule has 0 radical (unpaired) electrons. The molecule has 0 fully saturated rings. The van der Waals surface area contributed by atoms with Crippen molar-refractivity contribution >= 4 is 17.3 Å². The normalized spacial score (nSPS) is 11.4. The predicted molar refractivity (Wildman–Crippen MR) is 60.2 cm³/mol. The molecular weight excluding hydrogens is 291 g/mol. The van der Waals surface area contributed by atoms with Crippen LogP contribution in [0, 0.1) is 10.1 Å². The Hall–Kier alpha value is -1.54. The van der Waals surface area contributed by atoms with Gasteiger partial charge in [-0.25, -0.2) is 0 Å². The molecule has 0 bridgehead atoms. The highest BCUT2D eigenvalue weighted by atomic mass is 35.5. The van der Waals surface area contributed by atoms with Gasteiger partial charge in [-0.2, -0.15) is 13.2 Å². The largest absolute Gasteiger partial charge is 0.460 e. The highest BCUT2D eigenvalue weighted by Crippen LogP contribution is 2.28. The van der Waals surface area contributed by atoms with Gasteiger partial charge in [0.2, 0.25) is 0 Å². The number of alkyl halides is 4. The second-order valence-corrected chi connectivity index (χ2v) is 3.69. The van der Waals surface area contributed by atoms with Gasteiger partial charge < -0.3 is 9.47 Å². The molecule has 0 aliphatic rings. The van der Waals surface area contributed by atoms with E-state index in [1.165, 1.54) is 18.2 Å². The number of ether oxygens (including phenoxy) is 2. The molecular formula is C10H9ClF3NO4. The summed E-state index contributed by atoms with van der Waals surface area (Å²) in [5.41, 5.74) is 0.116. The summed E-state index contributed by atoms with van der Waals surface area (Å²) in [7, 11) is 0. The van der Waals surface area contributed by atoms with Gasteiger partial charge >= 0.3 is 11.9 Å². The number of hydrogen-bond donors (Lipinski definition) is 0. The average molecular weight is 300 g/mol. The quantitative estimate of drug-likeness (QED) is 0.266. The van der Waals surface area contributed by atoms with Crippen molar-refractivity contribution in [1.82, 2.24) is 0 Å². The molecule has 0 amide bonds. The van der Waals surface area contributed by atoms with Crippen molar-refractivity contribution in [2.75, 3.05) is 13.4 Å². The van der Waals surface area contributed by atoms with Crippen molar-refractivity contribution in [2.45, 2.75) is 12.1 Å². The van der Waals surface area contributed by atoms with Gasteiger partial charge in [0.15, 0.2) is 12.5 Å². The number of hydrogen-bond acceptors (Lipinski definition) is 4. The zero-order valence-electron chi connectivity index (χ0n) is 9.45. The van der Waals surface area contributed by atoms with Crippen molar-refractivity contribution in [2.24, 2.45) is 0 Å². The third-order valence-corrected chi connectivity index (χ3v) is 2.25. The van der Waals surface area contributed by atoms with E-state index in [2.05, 4.69) is 4.74 Å². The molecule has 106 valence electrons. The number of rotatable bonds is 6. The lowest BCUT2D eigenvalue weighted by atomic mass is 10.2.